The number of aliphatic hydroxyl groups is 1. The van der Waals surface area contributed by atoms with Gasteiger partial charge in [-0.15, -0.1) is 0 Å². The molecular formula is C28H48N2O5. The van der Waals surface area contributed by atoms with Crippen LogP contribution < -0.4 is 0 Å². The van der Waals surface area contributed by atoms with Crippen LogP contribution in [0.4, 0.5) is 4.79 Å². The summed E-state index contributed by atoms with van der Waals surface area (Å²) < 4.78 is 12.3. The molecule has 1 saturated heterocycles. The molecule has 3 rings (SSSR count). The van der Waals surface area contributed by atoms with E-state index in [-0.39, 0.29) is 53.9 Å². The van der Waals surface area contributed by atoms with E-state index in [4.69, 9.17) is 14.5 Å². The number of carbonyl (C=O) groups excluding carboxylic acids is 2. The zero-order valence-corrected chi connectivity index (χ0v) is 23.3. The monoisotopic (exact) mass is 492 g/mol. The third kappa shape index (κ3) is 4.79. The third-order valence-electron chi connectivity index (χ3n) is 9.89. The summed E-state index contributed by atoms with van der Waals surface area (Å²) in [7, 11) is 1.75. The quantitative estimate of drug-likeness (QED) is 0.614. The summed E-state index contributed by atoms with van der Waals surface area (Å²) in [4.78, 5) is 33.5. The molecule has 200 valence electrons. The van der Waals surface area contributed by atoms with E-state index >= 15 is 0 Å². The van der Waals surface area contributed by atoms with Crippen molar-refractivity contribution >= 4 is 17.6 Å². The van der Waals surface area contributed by atoms with E-state index in [0.29, 0.717) is 19.5 Å². The number of hydrogen-bond donors (Lipinski definition) is 1. The van der Waals surface area contributed by atoms with Gasteiger partial charge in [0.1, 0.15) is 11.4 Å². The Morgan fingerprint density at radius 3 is 2.34 bits per heavy atom. The lowest BCUT2D eigenvalue weighted by Crippen LogP contribution is -2.55. The lowest BCUT2D eigenvalue weighted by Gasteiger charge is -2.45. The van der Waals surface area contributed by atoms with Gasteiger partial charge in [-0.25, -0.2) is 4.79 Å². The number of fused-ring (bicyclic) bond motifs is 1. The molecule has 0 aromatic carbocycles. The van der Waals surface area contributed by atoms with E-state index in [1.54, 1.807) is 7.11 Å². The second kappa shape index (κ2) is 10.5. The molecule has 2 heterocycles. The number of ketones is 1. The Kier molecular flexibility index (Phi) is 8.42. The molecule has 2 unspecified atom stereocenters. The maximum Gasteiger partial charge on any atom is 0.410 e. The molecule has 0 spiro atoms. The molecule has 0 radical (unpaired) electrons. The molecular weight excluding hydrogens is 444 g/mol. The van der Waals surface area contributed by atoms with Crippen LogP contribution in [-0.2, 0) is 14.3 Å². The number of methoxy groups -OCH3 is 1. The van der Waals surface area contributed by atoms with Crippen LogP contribution in [0.2, 0.25) is 0 Å². The van der Waals surface area contributed by atoms with Crippen molar-refractivity contribution < 1.29 is 24.2 Å². The maximum absolute atomic E-state index is 13.5. The van der Waals surface area contributed by atoms with E-state index < -0.39 is 23.2 Å². The molecule has 2 aliphatic heterocycles. The number of Topliss-reactive ketones (excluding diaryl/α,β-unsaturated/α-hetero) is 1. The fourth-order valence-electron chi connectivity index (χ4n) is 7.77. The van der Waals surface area contributed by atoms with Crippen LogP contribution in [0, 0.1) is 35.5 Å². The molecule has 1 saturated carbocycles. The number of nitrogens with zero attached hydrogens (tertiary/aromatic N) is 2. The second-order valence-electron chi connectivity index (χ2n) is 11.8. The maximum atomic E-state index is 13.5. The molecule has 7 nitrogen and oxygen atoms in total. The largest absolute Gasteiger partial charge is 0.441 e. The van der Waals surface area contributed by atoms with Gasteiger partial charge in [0.25, 0.3) is 0 Å². The lowest BCUT2D eigenvalue weighted by atomic mass is 9.66. The van der Waals surface area contributed by atoms with Crippen molar-refractivity contribution in [2.45, 2.75) is 104 Å². The SMILES string of the molecule is CC[C@H]1CC(=O)C(C)[C@@H](O)[C@H](C)[C@@H](CC)[C@](C)(OC)C[C@@H](C)C2=NCCN3C(=O)O[C@@]1(C)[C@H]3C2C. The summed E-state index contributed by atoms with van der Waals surface area (Å²) in [6.07, 6.45) is 1.51. The smallest absolute Gasteiger partial charge is 0.410 e. The van der Waals surface area contributed by atoms with Gasteiger partial charge in [0.2, 0.25) is 0 Å². The first-order valence-corrected chi connectivity index (χ1v) is 13.7. The van der Waals surface area contributed by atoms with Crippen LogP contribution in [-0.4, -0.2) is 71.1 Å². The summed E-state index contributed by atoms with van der Waals surface area (Å²) in [6, 6.07) is -0.186. The van der Waals surface area contributed by atoms with Crippen LogP contribution in [0.15, 0.2) is 4.99 Å². The minimum Gasteiger partial charge on any atom is -0.441 e. The minimum absolute atomic E-state index is 0.00216. The first-order valence-electron chi connectivity index (χ1n) is 13.7. The minimum atomic E-state index is -0.803. The molecule has 7 heteroatoms. The Hall–Kier alpha value is -1.47. The molecule has 1 amide bonds. The molecule has 1 N–H and O–H groups in total. The van der Waals surface area contributed by atoms with Crippen LogP contribution in [0.3, 0.4) is 0 Å². The Morgan fingerprint density at radius 1 is 1.11 bits per heavy atom. The molecule has 0 aromatic heterocycles. The van der Waals surface area contributed by atoms with Crippen molar-refractivity contribution in [3.05, 3.63) is 0 Å². The fraction of sp³-hybridized carbons (Fsp3) is 0.893. The predicted octanol–water partition coefficient (Wildman–Crippen LogP) is 4.75. The van der Waals surface area contributed by atoms with Gasteiger partial charge < -0.3 is 14.6 Å². The number of carbonyl (C=O) groups is 2. The van der Waals surface area contributed by atoms with E-state index in [9.17, 15) is 14.7 Å². The van der Waals surface area contributed by atoms with Crippen molar-refractivity contribution in [2.24, 2.45) is 40.5 Å². The average molecular weight is 493 g/mol. The lowest BCUT2D eigenvalue weighted by molar-refractivity contribution is -0.135. The summed E-state index contributed by atoms with van der Waals surface area (Å²) in [6.45, 7) is 17.7. The highest BCUT2D eigenvalue weighted by Gasteiger charge is 2.58. The number of rotatable bonds is 3. The first-order chi connectivity index (χ1) is 16.4. The number of hydrogen-bond acceptors (Lipinski definition) is 6. The van der Waals surface area contributed by atoms with E-state index in [0.717, 1.165) is 18.6 Å². The normalized spacial score (nSPS) is 45.4. The van der Waals surface area contributed by atoms with Crippen LogP contribution in [0.5, 0.6) is 0 Å². The third-order valence-corrected chi connectivity index (χ3v) is 9.89. The van der Waals surface area contributed by atoms with E-state index in [2.05, 4.69) is 34.6 Å². The molecule has 1 aliphatic carbocycles. The number of aliphatic hydroxyl groups excluding tert-OH is 1. The zero-order chi connectivity index (χ0) is 26.3. The molecule has 0 aromatic rings. The summed E-state index contributed by atoms with van der Waals surface area (Å²) in [5.41, 5.74) is -0.199. The Labute approximate surface area is 212 Å². The van der Waals surface area contributed by atoms with Gasteiger partial charge in [-0.3, -0.25) is 14.7 Å². The molecule has 10 atom stereocenters. The Morgan fingerprint density at radius 2 is 1.77 bits per heavy atom. The first kappa shape index (κ1) is 28.1. The Bertz CT molecular complexity index is 830. The number of amides is 1. The fourth-order valence-corrected chi connectivity index (χ4v) is 7.77. The summed E-state index contributed by atoms with van der Waals surface area (Å²) in [5.74, 6) is -0.518. The highest BCUT2D eigenvalue weighted by molar-refractivity contribution is 5.91. The molecule has 2 fully saturated rings. The highest BCUT2D eigenvalue weighted by atomic mass is 16.6. The van der Waals surface area contributed by atoms with Gasteiger partial charge in [-0.1, -0.05) is 48.0 Å². The van der Waals surface area contributed by atoms with Gasteiger partial charge in [0.05, 0.1) is 24.3 Å². The van der Waals surface area contributed by atoms with E-state index in [1.807, 2.05) is 25.7 Å². The van der Waals surface area contributed by atoms with Gasteiger partial charge in [-0.05, 0) is 44.4 Å². The zero-order valence-electron chi connectivity index (χ0n) is 23.3. The van der Waals surface area contributed by atoms with Gasteiger partial charge in [-0.2, -0.15) is 0 Å². The van der Waals surface area contributed by atoms with Gasteiger partial charge >= 0.3 is 6.09 Å². The van der Waals surface area contributed by atoms with Crippen molar-refractivity contribution in [3.8, 4) is 0 Å². The van der Waals surface area contributed by atoms with E-state index in [1.165, 1.54) is 0 Å². The predicted molar refractivity (Wildman–Crippen MR) is 138 cm³/mol. The molecule has 3 aliphatic rings. The highest BCUT2D eigenvalue weighted by Crippen LogP contribution is 2.46. The van der Waals surface area contributed by atoms with Crippen LogP contribution in [0.25, 0.3) is 0 Å². The van der Waals surface area contributed by atoms with Crippen molar-refractivity contribution in [1.82, 2.24) is 4.90 Å². The Balaban J connectivity index is 2.15. The van der Waals surface area contributed by atoms with Gasteiger partial charge in [0.15, 0.2) is 0 Å². The summed E-state index contributed by atoms with van der Waals surface area (Å²) in [5, 5.41) is 11.4. The second-order valence-corrected chi connectivity index (χ2v) is 11.8. The average Bonchev–Trinajstić information content (AvgIpc) is 2.95. The molecule has 2 bridgehead atoms. The topological polar surface area (TPSA) is 88.4 Å². The van der Waals surface area contributed by atoms with Crippen LogP contribution in [0.1, 0.15) is 81.1 Å². The number of ether oxygens (including phenoxy) is 2. The van der Waals surface area contributed by atoms with Gasteiger partial charge in [0, 0.05) is 43.5 Å². The van der Waals surface area contributed by atoms with Crippen molar-refractivity contribution in [1.29, 1.82) is 0 Å². The van der Waals surface area contributed by atoms with Crippen LogP contribution >= 0.6 is 0 Å². The van der Waals surface area contributed by atoms with Crippen molar-refractivity contribution in [2.75, 3.05) is 20.2 Å². The summed E-state index contributed by atoms with van der Waals surface area (Å²) >= 11 is 0. The standard InChI is InChI=1S/C28H48N2O5/c1-10-20-14-22(31)18(5)24(32)17(4)21(11-2)27(7,34-9)15-16(3)23-19(6)25-28(20,8)35-26(33)30(25)13-12-29-23/h16-21,24-25,32H,10-15H2,1-9H3/t16-,17-,18?,19?,20+,21-,24+,25-,27-,28-/m1/s1. The van der Waals surface area contributed by atoms with Crippen molar-refractivity contribution in [3.63, 3.8) is 0 Å². The number of aliphatic imine (C=N–C) groups is 1. The molecule has 35 heavy (non-hydrogen) atoms.